The van der Waals surface area contributed by atoms with E-state index in [2.05, 4.69) is 27.9 Å². The van der Waals surface area contributed by atoms with Gasteiger partial charge in [-0.15, -0.1) is 0 Å². The molecule has 1 aromatic carbocycles. The maximum Gasteiger partial charge on any atom is 0.256 e. The van der Waals surface area contributed by atoms with Gasteiger partial charge in [0, 0.05) is 18.1 Å². The predicted molar refractivity (Wildman–Crippen MR) is 81.3 cm³/mol. The molecule has 0 atom stereocenters. The molecule has 0 aromatic heterocycles. The molecular weight excluding hydrogens is 323 g/mol. The lowest BCUT2D eigenvalue weighted by atomic mass is 9.96. The molecular formula is C15H20BrFN2O. The molecule has 110 valence electrons. The molecule has 0 saturated carbocycles. The van der Waals surface area contributed by atoms with Crippen LogP contribution in [0.15, 0.2) is 22.7 Å². The molecule has 0 spiro atoms. The third kappa shape index (κ3) is 3.79. The number of nitrogens with zero attached hydrogens (tertiary/aromatic N) is 2. The van der Waals surface area contributed by atoms with Crippen LogP contribution in [0.25, 0.3) is 0 Å². The molecule has 1 amide bonds. The van der Waals surface area contributed by atoms with Gasteiger partial charge >= 0.3 is 0 Å². The molecule has 0 radical (unpaired) electrons. The summed E-state index contributed by atoms with van der Waals surface area (Å²) in [5, 5.41) is 0. The Balaban J connectivity index is 1.98. The molecule has 0 N–H and O–H groups in total. The highest BCUT2D eigenvalue weighted by atomic mass is 79.9. The molecule has 0 bridgehead atoms. The first-order valence-electron chi connectivity index (χ1n) is 6.86. The quantitative estimate of drug-likeness (QED) is 0.842. The summed E-state index contributed by atoms with van der Waals surface area (Å²) in [7, 11) is 3.87. The van der Waals surface area contributed by atoms with Crippen LogP contribution in [0.4, 0.5) is 4.39 Å². The number of carbonyl (C=O) groups excluding carboxylic acids is 1. The molecule has 20 heavy (non-hydrogen) atoms. The molecule has 3 nitrogen and oxygen atoms in total. The molecule has 0 unspecified atom stereocenters. The Morgan fingerprint density at radius 3 is 2.70 bits per heavy atom. The van der Waals surface area contributed by atoms with Crippen LogP contribution in [-0.4, -0.2) is 49.4 Å². The smallest absolute Gasteiger partial charge is 0.256 e. The number of benzene rings is 1. The van der Waals surface area contributed by atoms with E-state index in [1.165, 1.54) is 12.1 Å². The SMILES string of the molecule is CN1CCC(CN(C)C(=O)c2ccc(Br)cc2F)CC1. The van der Waals surface area contributed by atoms with E-state index in [-0.39, 0.29) is 11.5 Å². The summed E-state index contributed by atoms with van der Waals surface area (Å²) in [5.41, 5.74) is 0.142. The zero-order valence-electron chi connectivity index (χ0n) is 11.9. The average molecular weight is 343 g/mol. The largest absolute Gasteiger partial charge is 0.341 e. The third-order valence-electron chi connectivity index (χ3n) is 3.88. The summed E-state index contributed by atoms with van der Waals surface area (Å²) >= 11 is 3.20. The van der Waals surface area contributed by atoms with E-state index in [1.807, 2.05) is 0 Å². The number of hydrogen-bond acceptors (Lipinski definition) is 2. The van der Waals surface area contributed by atoms with Crippen LogP contribution < -0.4 is 0 Å². The fourth-order valence-corrected chi connectivity index (χ4v) is 2.92. The molecule has 1 aliphatic heterocycles. The van der Waals surface area contributed by atoms with Gasteiger partial charge in [-0.1, -0.05) is 15.9 Å². The van der Waals surface area contributed by atoms with E-state index < -0.39 is 5.82 Å². The minimum atomic E-state index is -0.473. The lowest BCUT2D eigenvalue weighted by molar-refractivity contribution is 0.0742. The Morgan fingerprint density at radius 1 is 1.45 bits per heavy atom. The van der Waals surface area contributed by atoms with E-state index in [0.29, 0.717) is 16.9 Å². The topological polar surface area (TPSA) is 23.6 Å². The monoisotopic (exact) mass is 342 g/mol. The van der Waals surface area contributed by atoms with E-state index in [0.717, 1.165) is 25.9 Å². The van der Waals surface area contributed by atoms with E-state index in [4.69, 9.17) is 0 Å². The van der Waals surface area contributed by atoms with Crippen molar-refractivity contribution in [3.63, 3.8) is 0 Å². The van der Waals surface area contributed by atoms with Crippen molar-refractivity contribution in [2.24, 2.45) is 5.92 Å². The van der Waals surface area contributed by atoms with Crippen molar-refractivity contribution in [1.29, 1.82) is 0 Å². The Labute approximate surface area is 127 Å². The summed E-state index contributed by atoms with van der Waals surface area (Å²) in [6.45, 7) is 2.83. The molecule has 5 heteroatoms. The van der Waals surface area contributed by atoms with Gasteiger partial charge in [-0.25, -0.2) is 4.39 Å². The number of carbonyl (C=O) groups is 1. The molecule has 1 heterocycles. The third-order valence-corrected chi connectivity index (χ3v) is 4.37. The zero-order valence-corrected chi connectivity index (χ0v) is 13.5. The molecule has 1 fully saturated rings. The second-order valence-corrected chi connectivity index (χ2v) is 6.47. The number of likely N-dealkylation sites (tertiary alicyclic amines) is 1. The lowest BCUT2D eigenvalue weighted by Gasteiger charge is -2.31. The van der Waals surface area contributed by atoms with Crippen LogP contribution in [0.5, 0.6) is 0 Å². The Hall–Kier alpha value is -0.940. The maximum absolute atomic E-state index is 13.8. The number of rotatable bonds is 3. The summed E-state index contributed by atoms with van der Waals surface area (Å²) in [6.07, 6.45) is 2.19. The summed E-state index contributed by atoms with van der Waals surface area (Å²) in [5.74, 6) is -0.202. The van der Waals surface area contributed by atoms with Crippen LogP contribution in [0.3, 0.4) is 0 Å². The van der Waals surface area contributed by atoms with Crippen LogP contribution in [-0.2, 0) is 0 Å². The molecule has 1 aromatic rings. The minimum absolute atomic E-state index is 0.142. The van der Waals surface area contributed by atoms with Crippen molar-refractivity contribution in [3.05, 3.63) is 34.1 Å². The molecule has 1 aliphatic rings. The van der Waals surface area contributed by atoms with Gasteiger partial charge in [0.2, 0.25) is 0 Å². The predicted octanol–water partition coefficient (Wildman–Crippen LogP) is 3.00. The Kier molecular flexibility index (Phi) is 5.16. The minimum Gasteiger partial charge on any atom is -0.341 e. The number of halogens is 2. The van der Waals surface area contributed by atoms with Crippen LogP contribution in [0.2, 0.25) is 0 Å². The van der Waals surface area contributed by atoms with Crippen molar-refractivity contribution in [1.82, 2.24) is 9.80 Å². The summed E-state index contributed by atoms with van der Waals surface area (Å²) in [6, 6.07) is 4.56. The number of piperidine rings is 1. The molecule has 0 aliphatic carbocycles. The zero-order chi connectivity index (χ0) is 14.7. The number of amides is 1. The normalized spacial score (nSPS) is 17.2. The first-order valence-corrected chi connectivity index (χ1v) is 7.65. The van der Waals surface area contributed by atoms with Gasteiger partial charge in [-0.3, -0.25) is 4.79 Å². The van der Waals surface area contributed by atoms with Crippen LogP contribution >= 0.6 is 15.9 Å². The van der Waals surface area contributed by atoms with Crippen molar-refractivity contribution in [2.45, 2.75) is 12.8 Å². The standard InChI is InChI=1S/C15H20BrFN2O/c1-18-7-5-11(6-8-18)10-19(2)15(20)13-4-3-12(16)9-14(13)17/h3-4,9,11H,5-8,10H2,1-2H3. The fourth-order valence-electron chi connectivity index (χ4n) is 2.58. The first-order chi connectivity index (χ1) is 9.47. The van der Waals surface area contributed by atoms with Gasteiger partial charge in [0.15, 0.2) is 0 Å². The van der Waals surface area contributed by atoms with Crippen molar-refractivity contribution < 1.29 is 9.18 Å². The average Bonchev–Trinajstić information content (AvgIpc) is 2.40. The van der Waals surface area contributed by atoms with Gasteiger partial charge in [0.05, 0.1) is 5.56 Å². The highest BCUT2D eigenvalue weighted by Gasteiger charge is 2.22. The highest BCUT2D eigenvalue weighted by molar-refractivity contribution is 9.10. The van der Waals surface area contributed by atoms with E-state index in [1.54, 1.807) is 18.0 Å². The van der Waals surface area contributed by atoms with Gasteiger partial charge in [-0.2, -0.15) is 0 Å². The van der Waals surface area contributed by atoms with Crippen molar-refractivity contribution in [2.75, 3.05) is 33.7 Å². The highest BCUT2D eigenvalue weighted by Crippen LogP contribution is 2.20. The van der Waals surface area contributed by atoms with Crippen LogP contribution in [0.1, 0.15) is 23.2 Å². The Morgan fingerprint density at radius 2 is 2.10 bits per heavy atom. The molecule has 1 saturated heterocycles. The summed E-state index contributed by atoms with van der Waals surface area (Å²) in [4.78, 5) is 16.2. The van der Waals surface area contributed by atoms with E-state index in [9.17, 15) is 9.18 Å². The van der Waals surface area contributed by atoms with Crippen LogP contribution in [0, 0.1) is 11.7 Å². The lowest BCUT2D eigenvalue weighted by Crippen LogP contribution is -2.38. The van der Waals surface area contributed by atoms with Crippen molar-refractivity contribution >= 4 is 21.8 Å². The fraction of sp³-hybridized carbons (Fsp3) is 0.533. The maximum atomic E-state index is 13.8. The number of hydrogen-bond donors (Lipinski definition) is 0. The second kappa shape index (κ2) is 6.68. The van der Waals surface area contributed by atoms with E-state index >= 15 is 0 Å². The van der Waals surface area contributed by atoms with Gasteiger partial charge in [0.25, 0.3) is 5.91 Å². The Bertz CT molecular complexity index is 487. The van der Waals surface area contributed by atoms with Crippen molar-refractivity contribution in [3.8, 4) is 0 Å². The first kappa shape index (κ1) is 15.4. The van der Waals surface area contributed by atoms with Gasteiger partial charge in [-0.05, 0) is 57.1 Å². The second-order valence-electron chi connectivity index (χ2n) is 5.56. The van der Waals surface area contributed by atoms with Gasteiger partial charge in [0.1, 0.15) is 5.82 Å². The summed E-state index contributed by atoms with van der Waals surface area (Å²) < 4.78 is 14.4. The van der Waals surface area contributed by atoms with Gasteiger partial charge < -0.3 is 9.80 Å². The molecule has 2 rings (SSSR count).